The lowest BCUT2D eigenvalue weighted by molar-refractivity contribution is 0.0953. The fourth-order valence-electron chi connectivity index (χ4n) is 3.48. The minimum absolute atomic E-state index is 0.0245. The van der Waals surface area contributed by atoms with Gasteiger partial charge in [-0.25, -0.2) is 0 Å². The molecule has 0 saturated carbocycles. The van der Waals surface area contributed by atoms with Crippen molar-refractivity contribution < 1.29 is 4.79 Å². The molecule has 1 aliphatic rings. The van der Waals surface area contributed by atoms with E-state index >= 15 is 0 Å². The van der Waals surface area contributed by atoms with Gasteiger partial charge in [0.05, 0.1) is 0 Å². The van der Waals surface area contributed by atoms with Crippen LogP contribution < -0.4 is 5.32 Å². The third-order valence-electron chi connectivity index (χ3n) is 5.27. The lowest BCUT2D eigenvalue weighted by Gasteiger charge is -2.30. The molecule has 0 spiro atoms. The SMILES string of the molecule is CC1CCN(Cc2ccc(C(=O)NCCCc3ccccc3)cc2)CC1. The number of nitrogens with zero attached hydrogens (tertiary/aromatic N) is 1. The molecule has 0 aliphatic carbocycles. The number of benzene rings is 2. The molecule has 0 aromatic heterocycles. The predicted octanol–water partition coefficient (Wildman–Crippen LogP) is 4.28. The Balaban J connectivity index is 1.40. The molecule has 1 heterocycles. The summed E-state index contributed by atoms with van der Waals surface area (Å²) < 4.78 is 0. The Morgan fingerprint density at radius 1 is 1.00 bits per heavy atom. The third-order valence-corrected chi connectivity index (χ3v) is 5.27. The number of nitrogens with one attached hydrogen (secondary N) is 1. The van der Waals surface area contributed by atoms with E-state index in [1.54, 1.807) is 0 Å². The molecule has 1 saturated heterocycles. The van der Waals surface area contributed by atoms with Crippen LogP contribution >= 0.6 is 0 Å². The summed E-state index contributed by atoms with van der Waals surface area (Å²) in [5.41, 5.74) is 3.36. The standard InChI is InChI=1S/C23H30N2O/c1-19-13-16-25(17-14-19)18-21-9-11-22(12-10-21)23(26)24-15-5-8-20-6-3-2-4-7-20/h2-4,6-7,9-12,19H,5,8,13-18H2,1H3,(H,24,26). The van der Waals surface area contributed by atoms with Crippen LogP contribution in [-0.4, -0.2) is 30.4 Å². The first-order chi connectivity index (χ1) is 12.7. The fraction of sp³-hybridized carbons (Fsp3) is 0.435. The van der Waals surface area contributed by atoms with E-state index in [0.717, 1.165) is 30.9 Å². The number of hydrogen-bond acceptors (Lipinski definition) is 2. The Morgan fingerprint density at radius 2 is 1.69 bits per heavy atom. The van der Waals surface area contributed by atoms with Gasteiger partial charge >= 0.3 is 0 Å². The molecule has 0 bridgehead atoms. The predicted molar refractivity (Wildman–Crippen MR) is 107 cm³/mol. The van der Waals surface area contributed by atoms with E-state index in [-0.39, 0.29) is 5.91 Å². The molecule has 1 N–H and O–H groups in total. The molecule has 0 atom stereocenters. The highest BCUT2D eigenvalue weighted by molar-refractivity contribution is 5.94. The topological polar surface area (TPSA) is 32.3 Å². The Labute approximate surface area is 157 Å². The van der Waals surface area contributed by atoms with Gasteiger partial charge in [0.15, 0.2) is 0 Å². The summed E-state index contributed by atoms with van der Waals surface area (Å²) in [6.45, 7) is 6.41. The second-order valence-corrected chi connectivity index (χ2v) is 7.50. The van der Waals surface area contributed by atoms with Crippen molar-refractivity contribution >= 4 is 5.91 Å². The van der Waals surface area contributed by atoms with Crippen molar-refractivity contribution in [1.82, 2.24) is 10.2 Å². The van der Waals surface area contributed by atoms with Crippen LogP contribution in [0.2, 0.25) is 0 Å². The first-order valence-electron chi connectivity index (χ1n) is 9.84. The highest BCUT2D eigenvalue weighted by atomic mass is 16.1. The van der Waals surface area contributed by atoms with Gasteiger partial charge in [0.2, 0.25) is 0 Å². The highest BCUT2D eigenvalue weighted by Gasteiger charge is 2.15. The minimum Gasteiger partial charge on any atom is -0.352 e. The smallest absolute Gasteiger partial charge is 0.251 e. The van der Waals surface area contributed by atoms with Crippen molar-refractivity contribution in [2.45, 2.75) is 39.2 Å². The molecule has 2 aromatic rings. The number of rotatable bonds is 7. The normalized spacial score (nSPS) is 15.7. The van der Waals surface area contributed by atoms with Crippen molar-refractivity contribution in [2.75, 3.05) is 19.6 Å². The molecule has 3 rings (SSSR count). The summed E-state index contributed by atoms with van der Waals surface area (Å²) in [6, 6.07) is 18.5. The third kappa shape index (κ3) is 5.70. The zero-order chi connectivity index (χ0) is 18.2. The molecule has 138 valence electrons. The van der Waals surface area contributed by atoms with Crippen LogP contribution in [0.25, 0.3) is 0 Å². The van der Waals surface area contributed by atoms with E-state index in [2.05, 4.69) is 53.5 Å². The van der Waals surface area contributed by atoms with Gasteiger partial charge in [-0.1, -0.05) is 49.4 Å². The quantitative estimate of drug-likeness (QED) is 0.756. The first kappa shape index (κ1) is 18.7. The Bertz CT molecular complexity index is 673. The largest absolute Gasteiger partial charge is 0.352 e. The number of amides is 1. The average molecular weight is 351 g/mol. The van der Waals surface area contributed by atoms with E-state index in [1.807, 2.05) is 18.2 Å². The molecule has 1 amide bonds. The lowest BCUT2D eigenvalue weighted by Crippen LogP contribution is -2.32. The number of carbonyl (C=O) groups excluding carboxylic acids is 1. The Hall–Kier alpha value is -2.13. The molecule has 3 heteroatoms. The molecule has 2 aromatic carbocycles. The van der Waals surface area contributed by atoms with Gasteiger partial charge in [0.1, 0.15) is 0 Å². The number of hydrogen-bond donors (Lipinski definition) is 1. The van der Waals surface area contributed by atoms with Crippen LogP contribution in [0.5, 0.6) is 0 Å². The van der Waals surface area contributed by atoms with E-state index in [1.165, 1.54) is 37.1 Å². The first-order valence-corrected chi connectivity index (χ1v) is 9.84. The summed E-state index contributed by atoms with van der Waals surface area (Å²) in [4.78, 5) is 14.8. The highest BCUT2D eigenvalue weighted by Crippen LogP contribution is 2.18. The zero-order valence-electron chi connectivity index (χ0n) is 15.8. The average Bonchev–Trinajstić information content (AvgIpc) is 2.68. The molecule has 1 aliphatic heterocycles. The number of aryl methyl sites for hydroxylation is 1. The lowest BCUT2D eigenvalue weighted by atomic mass is 9.99. The van der Waals surface area contributed by atoms with Crippen molar-refractivity contribution in [3.63, 3.8) is 0 Å². The minimum atomic E-state index is 0.0245. The van der Waals surface area contributed by atoms with Crippen LogP contribution in [0.1, 0.15) is 47.7 Å². The van der Waals surface area contributed by atoms with E-state index in [4.69, 9.17) is 0 Å². The maximum Gasteiger partial charge on any atom is 0.251 e. The van der Waals surface area contributed by atoms with Crippen LogP contribution in [0, 0.1) is 5.92 Å². The molecule has 3 nitrogen and oxygen atoms in total. The van der Waals surface area contributed by atoms with Crippen molar-refractivity contribution in [3.05, 3.63) is 71.3 Å². The summed E-state index contributed by atoms with van der Waals surface area (Å²) in [5, 5.41) is 3.03. The van der Waals surface area contributed by atoms with Crippen molar-refractivity contribution in [2.24, 2.45) is 5.92 Å². The fourth-order valence-corrected chi connectivity index (χ4v) is 3.48. The second kappa shape index (κ2) is 9.54. The van der Waals surface area contributed by atoms with Gasteiger partial charge in [-0.05, 0) is 68.0 Å². The van der Waals surface area contributed by atoms with Crippen LogP contribution in [0.4, 0.5) is 0 Å². The molecular weight excluding hydrogens is 320 g/mol. The summed E-state index contributed by atoms with van der Waals surface area (Å²) >= 11 is 0. The maximum atomic E-state index is 12.3. The number of carbonyl (C=O) groups is 1. The summed E-state index contributed by atoms with van der Waals surface area (Å²) in [5.74, 6) is 0.885. The van der Waals surface area contributed by atoms with Gasteiger partial charge in [0, 0.05) is 18.7 Å². The van der Waals surface area contributed by atoms with E-state index < -0.39 is 0 Å². The summed E-state index contributed by atoms with van der Waals surface area (Å²) in [7, 11) is 0. The molecule has 26 heavy (non-hydrogen) atoms. The maximum absolute atomic E-state index is 12.3. The molecular formula is C23H30N2O. The van der Waals surface area contributed by atoms with Gasteiger partial charge in [0.25, 0.3) is 5.91 Å². The van der Waals surface area contributed by atoms with Gasteiger partial charge in [-0.2, -0.15) is 0 Å². The number of likely N-dealkylation sites (tertiary alicyclic amines) is 1. The van der Waals surface area contributed by atoms with E-state index in [0.29, 0.717) is 6.54 Å². The van der Waals surface area contributed by atoms with Gasteiger partial charge in [-0.3, -0.25) is 9.69 Å². The number of piperidine rings is 1. The van der Waals surface area contributed by atoms with Crippen LogP contribution in [0.15, 0.2) is 54.6 Å². The van der Waals surface area contributed by atoms with Crippen molar-refractivity contribution in [1.29, 1.82) is 0 Å². The Kier molecular flexibility index (Phi) is 6.84. The second-order valence-electron chi connectivity index (χ2n) is 7.50. The zero-order valence-corrected chi connectivity index (χ0v) is 15.8. The molecule has 0 radical (unpaired) electrons. The van der Waals surface area contributed by atoms with Crippen molar-refractivity contribution in [3.8, 4) is 0 Å². The monoisotopic (exact) mass is 350 g/mol. The van der Waals surface area contributed by atoms with Gasteiger partial charge < -0.3 is 5.32 Å². The molecule has 1 fully saturated rings. The van der Waals surface area contributed by atoms with E-state index in [9.17, 15) is 4.79 Å². The van der Waals surface area contributed by atoms with Crippen LogP contribution in [0.3, 0.4) is 0 Å². The molecule has 0 unspecified atom stereocenters. The Morgan fingerprint density at radius 3 is 2.38 bits per heavy atom. The van der Waals surface area contributed by atoms with Crippen LogP contribution in [-0.2, 0) is 13.0 Å². The summed E-state index contributed by atoms with van der Waals surface area (Å²) in [6.07, 6.45) is 4.54. The van der Waals surface area contributed by atoms with Gasteiger partial charge in [-0.15, -0.1) is 0 Å².